The standard InChI is InChI=1S/C15H24N4OS/c1-4-5-12-8-11(9-13(17-12)18-16)14(20)19-6-7-21-15(2,3)10-19/h8-9H,4-7,10,16H2,1-3H3,(H,17,18). The molecule has 0 bridgehead atoms. The maximum Gasteiger partial charge on any atom is 0.254 e. The Morgan fingerprint density at radius 1 is 1.52 bits per heavy atom. The van der Waals surface area contributed by atoms with Gasteiger partial charge in [-0.25, -0.2) is 10.8 Å². The van der Waals surface area contributed by atoms with E-state index in [1.165, 1.54) is 0 Å². The van der Waals surface area contributed by atoms with Gasteiger partial charge in [-0.05, 0) is 32.4 Å². The van der Waals surface area contributed by atoms with Crippen LogP contribution in [0.2, 0.25) is 0 Å². The molecule has 1 aromatic rings. The van der Waals surface area contributed by atoms with Gasteiger partial charge in [-0.2, -0.15) is 11.8 Å². The number of hydrogen-bond acceptors (Lipinski definition) is 5. The maximum atomic E-state index is 12.7. The first-order valence-electron chi connectivity index (χ1n) is 7.36. The maximum absolute atomic E-state index is 12.7. The lowest BCUT2D eigenvalue weighted by Gasteiger charge is -2.37. The highest BCUT2D eigenvalue weighted by Crippen LogP contribution is 2.30. The largest absolute Gasteiger partial charge is 0.336 e. The average molecular weight is 308 g/mol. The van der Waals surface area contributed by atoms with Gasteiger partial charge in [0.1, 0.15) is 5.82 Å². The summed E-state index contributed by atoms with van der Waals surface area (Å²) in [6.07, 6.45) is 1.83. The summed E-state index contributed by atoms with van der Waals surface area (Å²) < 4.78 is 0.113. The molecule has 2 heterocycles. The number of anilines is 1. The molecule has 1 aliphatic heterocycles. The first-order valence-corrected chi connectivity index (χ1v) is 8.34. The molecule has 1 aromatic heterocycles. The number of nitrogens with two attached hydrogens (primary N) is 1. The molecule has 0 atom stereocenters. The molecular weight excluding hydrogens is 284 g/mol. The lowest BCUT2D eigenvalue weighted by atomic mass is 10.1. The van der Waals surface area contributed by atoms with E-state index in [2.05, 4.69) is 31.2 Å². The van der Waals surface area contributed by atoms with Crippen molar-refractivity contribution in [2.24, 2.45) is 5.84 Å². The van der Waals surface area contributed by atoms with Gasteiger partial charge < -0.3 is 10.3 Å². The third-order valence-electron chi connectivity index (χ3n) is 3.49. The van der Waals surface area contributed by atoms with E-state index in [-0.39, 0.29) is 10.7 Å². The fraction of sp³-hybridized carbons (Fsp3) is 0.600. The molecule has 5 nitrogen and oxygen atoms in total. The molecule has 0 aromatic carbocycles. The normalized spacial score (nSPS) is 17.6. The van der Waals surface area contributed by atoms with Gasteiger partial charge in [-0.15, -0.1) is 0 Å². The molecule has 3 N–H and O–H groups in total. The number of nitrogens with one attached hydrogen (secondary N) is 1. The quantitative estimate of drug-likeness (QED) is 0.659. The number of carbonyl (C=O) groups excluding carboxylic acids is 1. The van der Waals surface area contributed by atoms with Crippen LogP contribution in [-0.4, -0.2) is 39.4 Å². The van der Waals surface area contributed by atoms with Crippen LogP contribution in [0.4, 0.5) is 5.82 Å². The van der Waals surface area contributed by atoms with Gasteiger partial charge >= 0.3 is 0 Å². The van der Waals surface area contributed by atoms with E-state index in [9.17, 15) is 4.79 Å². The van der Waals surface area contributed by atoms with Crippen LogP contribution in [0.1, 0.15) is 43.2 Å². The van der Waals surface area contributed by atoms with E-state index < -0.39 is 0 Å². The second kappa shape index (κ2) is 6.66. The number of hydrogen-bond donors (Lipinski definition) is 2. The average Bonchev–Trinajstić information content (AvgIpc) is 2.45. The van der Waals surface area contributed by atoms with Crippen molar-refractivity contribution in [2.75, 3.05) is 24.3 Å². The highest BCUT2D eigenvalue weighted by atomic mass is 32.2. The Bertz CT molecular complexity index is 518. The summed E-state index contributed by atoms with van der Waals surface area (Å²) in [6, 6.07) is 3.62. The Balaban J connectivity index is 2.23. The first kappa shape index (κ1) is 16.1. The van der Waals surface area contributed by atoms with Crippen LogP contribution in [0.15, 0.2) is 12.1 Å². The number of hydrazine groups is 1. The summed E-state index contributed by atoms with van der Waals surface area (Å²) >= 11 is 1.92. The van der Waals surface area contributed by atoms with E-state index in [0.717, 1.165) is 37.4 Å². The minimum absolute atomic E-state index is 0.0691. The molecular formula is C15H24N4OS. The minimum Gasteiger partial charge on any atom is -0.336 e. The third kappa shape index (κ3) is 4.11. The monoisotopic (exact) mass is 308 g/mol. The number of aryl methyl sites for hydroxylation is 1. The molecule has 0 radical (unpaired) electrons. The van der Waals surface area contributed by atoms with Gasteiger partial charge in [0.05, 0.1) is 0 Å². The van der Waals surface area contributed by atoms with E-state index in [1.54, 1.807) is 6.07 Å². The molecule has 0 aliphatic carbocycles. The summed E-state index contributed by atoms with van der Waals surface area (Å²) in [5.41, 5.74) is 4.13. The van der Waals surface area contributed by atoms with Crippen molar-refractivity contribution in [1.82, 2.24) is 9.88 Å². The molecule has 0 saturated carbocycles. The molecule has 0 unspecified atom stereocenters. The van der Waals surface area contributed by atoms with Crippen LogP contribution in [-0.2, 0) is 6.42 Å². The smallest absolute Gasteiger partial charge is 0.254 e. The number of rotatable bonds is 4. The topological polar surface area (TPSA) is 71.2 Å². The van der Waals surface area contributed by atoms with Crippen LogP contribution in [0, 0.1) is 0 Å². The predicted octanol–water partition coefficient (Wildman–Crippen LogP) is 2.29. The third-order valence-corrected chi connectivity index (χ3v) is 4.79. The van der Waals surface area contributed by atoms with Crippen molar-refractivity contribution in [2.45, 2.75) is 38.4 Å². The summed E-state index contributed by atoms with van der Waals surface area (Å²) in [6.45, 7) is 8.02. The van der Waals surface area contributed by atoms with Crippen molar-refractivity contribution in [3.63, 3.8) is 0 Å². The van der Waals surface area contributed by atoms with E-state index in [0.29, 0.717) is 11.4 Å². The molecule has 1 aliphatic rings. The number of aromatic nitrogens is 1. The lowest BCUT2D eigenvalue weighted by molar-refractivity contribution is 0.0748. The van der Waals surface area contributed by atoms with Crippen LogP contribution < -0.4 is 11.3 Å². The van der Waals surface area contributed by atoms with Crippen molar-refractivity contribution in [1.29, 1.82) is 0 Å². The highest BCUT2D eigenvalue weighted by molar-refractivity contribution is 8.00. The van der Waals surface area contributed by atoms with Gasteiger partial charge in [-0.1, -0.05) is 13.3 Å². The van der Waals surface area contributed by atoms with Crippen LogP contribution in [0.25, 0.3) is 0 Å². The van der Waals surface area contributed by atoms with Gasteiger partial charge in [0.15, 0.2) is 0 Å². The Hall–Kier alpha value is -1.27. The Morgan fingerprint density at radius 3 is 2.90 bits per heavy atom. The highest BCUT2D eigenvalue weighted by Gasteiger charge is 2.30. The molecule has 1 saturated heterocycles. The fourth-order valence-corrected chi connectivity index (χ4v) is 3.65. The van der Waals surface area contributed by atoms with Crippen molar-refractivity contribution in [3.8, 4) is 0 Å². The molecule has 1 fully saturated rings. The van der Waals surface area contributed by atoms with Gasteiger partial charge in [0.2, 0.25) is 0 Å². The van der Waals surface area contributed by atoms with Gasteiger partial charge in [-0.3, -0.25) is 4.79 Å². The lowest BCUT2D eigenvalue weighted by Crippen LogP contribution is -2.46. The minimum atomic E-state index is 0.0691. The molecule has 1 amide bonds. The van der Waals surface area contributed by atoms with Crippen LogP contribution in [0.3, 0.4) is 0 Å². The van der Waals surface area contributed by atoms with E-state index in [4.69, 9.17) is 5.84 Å². The van der Waals surface area contributed by atoms with Crippen LogP contribution in [0.5, 0.6) is 0 Å². The Labute approximate surface area is 130 Å². The molecule has 2 rings (SSSR count). The predicted molar refractivity (Wildman–Crippen MR) is 88.5 cm³/mol. The van der Waals surface area contributed by atoms with E-state index in [1.807, 2.05) is 22.7 Å². The number of carbonyl (C=O) groups is 1. The summed E-state index contributed by atoms with van der Waals surface area (Å²) in [7, 11) is 0. The SMILES string of the molecule is CCCc1cc(C(=O)N2CCSC(C)(C)C2)cc(NN)n1. The zero-order valence-electron chi connectivity index (χ0n) is 13.0. The molecule has 21 heavy (non-hydrogen) atoms. The summed E-state index contributed by atoms with van der Waals surface area (Å²) in [5.74, 6) is 7.06. The van der Waals surface area contributed by atoms with Gasteiger partial charge in [0, 0.05) is 34.8 Å². The first-order chi connectivity index (χ1) is 9.95. The Kier molecular flexibility index (Phi) is 5.11. The van der Waals surface area contributed by atoms with Gasteiger partial charge in [0.25, 0.3) is 5.91 Å². The van der Waals surface area contributed by atoms with Crippen molar-refractivity contribution < 1.29 is 4.79 Å². The van der Waals surface area contributed by atoms with Crippen LogP contribution >= 0.6 is 11.8 Å². The fourth-order valence-electron chi connectivity index (χ4n) is 2.54. The molecule has 116 valence electrons. The molecule has 6 heteroatoms. The number of nitrogens with zero attached hydrogens (tertiary/aromatic N) is 2. The van der Waals surface area contributed by atoms with Crippen molar-refractivity contribution >= 4 is 23.5 Å². The summed E-state index contributed by atoms with van der Waals surface area (Å²) in [4.78, 5) is 19.1. The zero-order chi connectivity index (χ0) is 15.5. The molecule has 0 spiro atoms. The van der Waals surface area contributed by atoms with Crippen molar-refractivity contribution in [3.05, 3.63) is 23.4 Å². The zero-order valence-corrected chi connectivity index (χ0v) is 13.8. The van der Waals surface area contributed by atoms with E-state index >= 15 is 0 Å². The second-order valence-electron chi connectivity index (χ2n) is 5.96. The Morgan fingerprint density at radius 2 is 2.29 bits per heavy atom. The number of nitrogen functional groups attached to an aromatic ring is 1. The summed E-state index contributed by atoms with van der Waals surface area (Å²) in [5, 5.41) is 0. The number of amides is 1. The number of pyridine rings is 1. The second-order valence-corrected chi connectivity index (χ2v) is 7.76. The number of thioether (sulfide) groups is 1.